The van der Waals surface area contributed by atoms with E-state index in [2.05, 4.69) is 5.32 Å². The van der Waals surface area contributed by atoms with Gasteiger partial charge >= 0.3 is 5.97 Å². The topological polar surface area (TPSA) is 79.2 Å². The first-order valence-corrected chi connectivity index (χ1v) is 7.64. The van der Waals surface area contributed by atoms with Gasteiger partial charge in [-0.25, -0.2) is 4.39 Å². The van der Waals surface area contributed by atoms with Gasteiger partial charge in [-0.1, -0.05) is 12.1 Å². The van der Waals surface area contributed by atoms with E-state index in [0.29, 0.717) is 17.0 Å². The lowest BCUT2D eigenvalue weighted by molar-refractivity contribution is -0.147. The molecule has 118 valence electrons. The van der Waals surface area contributed by atoms with Crippen LogP contribution in [0.5, 0.6) is 0 Å². The second-order valence-electron chi connectivity index (χ2n) is 4.61. The molecule has 0 unspecified atom stereocenters. The van der Waals surface area contributed by atoms with Crippen LogP contribution in [0.25, 0.3) is 0 Å². The first-order chi connectivity index (χ1) is 11.1. The van der Waals surface area contributed by atoms with Crippen molar-refractivity contribution >= 4 is 28.2 Å². The summed E-state index contributed by atoms with van der Waals surface area (Å²) in [6.07, 6.45) is 0.506. The van der Waals surface area contributed by atoms with Gasteiger partial charge < -0.3 is 10.1 Å². The zero-order valence-corrected chi connectivity index (χ0v) is 12.9. The highest BCUT2D eigenvalue weighted by molar-refractivity contribution is 7.14. The number of nitrogens with zero attached hydrogens (tertiary/aromatic N) is 1. The van der Waals surface area contributed by atoms with Crippen molar-refractivity contribution in [3.05, 3.63) is 52.7 Å². The SMILES string of the molecule is N#Cc1ccsc1NC(=O)COC(=O)CCc1ccc(F)cc1. The normalized spacial score (nSPS) is 9.91. The third-order valence-electron chi connectivity index (χ3n) is 2.93. The van der Waals surface area contributed by atoms with E-state index in [4.69, 9.17) is 10.00 Å². The Balaban J connectivity index is 1.72. The Bertz CT molecular complexity index is 735. The molecule has 0 saturated heterocycles. The van der Waals surface area contributed by atoms with Gasteiger partial charge in [0.1, 0.15) is 16.9 Å². The number of thiophene rings is 1. The van der Waals surface area contributed by atoms with Gasteiger partial charge in [-0.2, -0.15) is 5.26 Å². The Morgan fingerprint density at radius 3 is 2.70 bits per heavy atom. The fourth-order valence-corrected chi connectivity index (χ4v) is 2.53. The molecule has 1 N–H and O–H groups in total. The molecule has 1 heterocycles. The van der Waals surface area contributed by atoms with E-state index in [1.807, 2.05) is 6.07 Å². The smallest absolute Gasteiger partial charge is 0.306 e. The van der Waals surface area contributed by atoms with E-state index in [1.165, 1.54) is 23.5 Å². The van der Waals surface area contributed by atoms with Crippen LogP contribution in [0.3, 0.4) is 0 Å². The van der Waals surface area contributed by atoms with Crippen molar-refractivity contribution < 1.29 is 18.7 Å². The summed E-state index contributed by atoms with van der Waals surface area (Å²) in [6.45, 7) is -0.412. The number of carbonyl (C=O) groups excluding carboxylic acids is 2. The minimum atomic E-state index is -0.517. The van der Waals surface area contributed by atoms with Crippen LogP contribution in [0.1, 0.15) is 17.5 Å². The lowest BCUT2D eigenvalue weighted by Crippen LogP contribution is -2.20. The zero-order valence-electron chi connectivity index (χ0n) is 12.0. The number of nitriles is 1. The highest BCUT2D eigenvalue weighted by Gasteiger charge is 2.11. The summed E-state index contributed by atoms with van der Waals surface area (Å²) >= 11 is 1.22. The summed E-state index contributed by atoms with van der Waals surface area (Å²) in [7, 11) is 0. The number of rotatable bonds is 6. The summed E-state index contributed by atoms with van der Waals surface area (Å²) < 4.78 is 17.6. The van der Waals surface area contributed by atoms with E-state index in [1.54, 1.807) is 23.6 Å². The van der Waals surface area contributed by atoms with Gasteiger partial charge in [0.15, 0.2) is 6.61 Å². The van der Waals surface area contributed by atoms with Gasteiger partial charge in [-0.15, -0.1) is 11.3 Å². The molecule has 0 spiro atoms. The van der Waals surface area contributed by atoms with Crippen LogP contribution in [-0.4, -0.2) is 18.5 Å². The van der Waals surface area contributed by atoms with Crippen molar-refractivity contribution in [1.29, 1.82) is 5.26 Å². The van der Waals surface area contributed by atoms with Crippen molar-refractivity contribution in [2.75, 3.05) is 11.9 Å². The lowest BCUT2D eigenvalue weighted by atomic mass is 10.1. The van der Waals surface area contributed by atoms with Gasteiger partial charge in [0.2, 0.25) is 0 Å². The Labute approximate surface area is 136 Å². The van der Waals surface area contributed by atoms with Crippen LogP contribution in [-0.2, 0) is 20.7 Å². The first kappa shape index (κ1) is 16.6. The molecular weight excluding hydrogens is 319 g/mol. The fourth-order valence-electron chi connectivity index (χ4n) is 1.77. The van der Waals surface area contributed by atoms with Crippen molar-refractivity contribution in [1.82, 2.24) is 0 Å². The van der Waals surface area contributed by atoms with Gasteiger partial charge in [0, 0.05) is 6.42 Å². The number of esters is 1. The van der Waals surface area contributed by atoms with Crippen LogP contribution >= 0.6 is 11.3 Å². The van der Waals surface area contributed by atoms with Crippen molar-refractivity contribution in [3.63, 3.8) is 0 Å². The van der Waals surface area contributed by atoms with Gasteiger partial charge in [0.05, 0.1) is 5.56 Å². The molecule has 0 bridgehead atoms. The Kier molecular flexibility index (Phi) is 5.83. The first-order valence-electron chi connectivity index (χ1n) is 6.76. The number of aryl methyl sites for hydroxylation is 1. The molecule has 23 heavy (non-hydrogen) atoms. The number of hydrogen-bond acceptors (Lipinski definition) is 5. The average molecular weight is 332 g/mol. The maximum absolute atomic E-state index is 12.7. The van der Waals surface area contributed by atoms with Crippen molar-refractivity contribution in [2.45, 2.75) is 12.8 Å². The number of carbonyl (C=O) groups is 2. The molecular formula is C16H13FN2O3S. The number of nitrogens with one attached hydrogen (secondary N) is 1. The predicted molar refractivity (Wildman–Crippen MR) is 83.3 cm³/mol. The number of benzene rings is 1. The third kappa shape index (κ3) is 5.20. The van der Waals surface area contributed by atoms with Crippen LogP contribution < -0.4 is 5.32 Å². The molecule has 0 aliphatic carbocycles. The molecule has 0 atom stereocenters. The molecule has 0 aliphatic heterocycles. The van der Waals surface area contributed by atoms with E-state index >= 15 is 0 Å². The number of halogens is 1. The Hall–Kier alpha value is -2.72. The van der Waals surface area contributed by atoms with Crippen LogP contribution in [0.15, 0.2) is 35.7 Å². The molecule has 2 rings (SSSR count). The number of anilines is 1. The molecule has 2 aromatic rings. The van der Waals surface area contributed by atoms with E-state index in [0.717, 1.165) is 5.56 Å². The third-order valence-corrected chi connectivity index (χ3v) is 3.76. The number of ether oxygens (including phenoxy) is 1. The van der Waals surface area contributed by atoms with E-state index in [9.17, 15) is 14.0 Å². The van der Waals surface area contributed by atoms with E-state index < -0.39 is 18.5 Å². The van der Waals surface area contributed by atoms with Crippen LogP contribution in [0, 0.1) is 17.1 Å². The number of hydrogen-bond donors (Lipinski definition) is 1. The number of amides is 1. The van der Waals surface area contributed by atoms with Gasteiger partial charge in [-0.05, 0) is 35.6 Å². The molecule has 0 radical (unpaired) electrons. The van der Waals surface area contributed by atoms with Crippen LogP contribution in [0.4, 0.5) is 9.39 Å². The standard InChI is InChI=1S/C16H13FN2O3S/c17-13-4-1-11(2-5-13)3-6-15(21)22-10-14(20)19-16-12(9-18)7-8-23-16/h1-2,4-5,7-8H,3,6,10H2,(H,19,20). The van der Waals surface area contributed by atoms with Crippen molar-refractivity contribution in [2.24, 2.45) is 0 Å². The summed E-state index contributed by atoms with van der Waals surface area (Å²) in [5.74, 6) is -1.35. The van der Waals surface area contributed by atoms with Crippen molar-refractivity contribution in [3.8, 4) is 6.07 Å². The second kappa shape index (κ2) is 8.06. The highest BCUT2D eigenvalue weighted by Crippen LogP contribution is 2.21. The molecule has 5 nitrogen and oxygen atoms in total. The summed E-state index contributed by atoms with van der Waals surface area (Å²) in [4.78, 5) is 23.2. The Morgan fingerprint density at radius 2 is 2.00 bits per heavy atom. The zero-order chi connectivity index (χ0) is 16.7. The maximum atomic E-state index is 12.7. The van der Waals surface area contributed by atoms with Crippen LogP contribution in [0.2, 0.25) is 0 Å². The quantitative estimate of drug-likeness (QED) is 0.825. The Morgan fingerprint density at radius 1 is 1.26 bits per heavy atom. The maximum Gasteiger partial charge on any atom is 0.306 e. The van der Waals surface area contributed by atoms with Gasteiger partial charge in [-0.3, -0.25) is 9.59 Å². The van der Waals surface area contributed by atoms with Gasteiger partial charge in [0.25, 0.3) is 5.91 Å². The molecule has 7 heteroatoms. The molecule has 1 aromatic carbocycles. The minimum absolute atomic E-state index is 0.0986. The predicted octanol–water partition coefficient (Wildman–Crippen LogP) is 2.87. The molecule has 1 amide bonds. The molecule has 0 fully saturated rings. The average Bonchev–Trinajstić information content (AvgIpc) is 2.99. The summed E-state index contributed by atoms with van der Waals surface area (Å²) in [5.41, 5.74) is 1.18. The largest absolute Gasteiger partial charge is 0.456 e. The summed E-state index contributed by atoms with van der Waals surface area (Å²) in [6, 6.07) is 9.37. The van der Waals surface area contributed by atoms with E-state index in [-0.39, 0.29) is 12.2 Å². The molecule has 0 saturated carbocycles. The molecule has 1 aromatic heterocycles. The fraction of sp³-hybridized carbons (Fsp3) is 0.188. The minimum Gasteiger partial charge on any atom is -0.456 e. The lowest BCUT2D eigenvalue weighted by Gasteiger charge is -2.06. The molecule has 0 aliphatic rings. The summed E-state index contributed by atoms with van der Waals surface area (Å²) in [5, 5.41) is 13.5. The highest BCUT2D eigenvalue weighted by atomic mass is 32.1. The monoisotopic (exact) mass is 332 g/mol. The second-order valence-corrected chi connectivity index (χ2v) is 5.53.